The van der Waals surface area contributed by atoms with Crippen molar-refractivity contribution in [3.8, 4) is 5.75 Å². The SMILES string of the molecule is COc1c(Br)cc(C(C)(C)O)cc1C(C)C. The molecule has 0 radical (unpaired) electrons. The number of benzene rings is 1. The molecule has 0 aliphatic rings. The summed E-state index contributed by atoms with van der Waals surface area (Å²) in [4.78, 5) is 0. The van der Waals surface area contributed by atoms with Crippen LogP contribution >= 0.6 is 15.9 Å². The lowest BCUT2D eigenvalue weighted by Crippen LogP contribution is -2.16. The predicted molar refractivity (Wildman–Crippen MR) is 70.0 cm³/mol. The van der Waals surface area contributed by atoms with E-state index < -0.39 is 5.60 Å². The first kappa shape index (κ1) is 13.5. The van der Waals surface area contributed by atoms with Gasteiger partial charge in [-0.15, -0.1) is 0 Å². The summed E-state index contributed by atoms with van der Waals surface area (Å²) in [6, 6.07) is 3.92. The minimum absolute atomic E-state index is 0.355. The molecule has 16 heavy (non-hydrogen) atoms. The lowest BCUT2D eigenvalue weighted by atomic mass is 9.92. The van der Waals surface area contributed by atoms with E-state index in [9.17, 15) is 5.11 Å². The number of hydrogen-bond acceptors (Lipinski definition) is 2. The monoisotopic (exact) mass is 286 g/mol. The minimum atomic E-state index is -0.835. The van der Waals surface area contributed by atoms with Crippen LogP contribution < -0.4 is 4.74 Å². The van der Waals surface area contributed by atoms with E-state index in [1.165, 1.54) is 0 Å². The average Bonchev–Trinajstić information content (AvgIpc) is 2.14. The number of methoxy groups -OCH3 is 1. The minimum Gasteiger partial charge on any atom is -0.495 e. The van der Waals surface area contributed by atoms with Gasteiger partial charge in [-0.2, -0.15) is 0 Å². The molecular formula is C13H19BrO2. The van der Waals surface area contributed by atoms with Crippen molar-refractivity contribution in [3.63, 3.8) is 0 Å². The van der Waals surface area contributed by atoms with Crippen molar-refractivity contribution in [3.05, 3.63) is 27.7 Å². The lowest BCUT2D eigenvalue weighted by molar-refractivity contribution is 0.0783. The summed E-state index contributed by atoms with van der Waals surface area (Å²) >= 11 is 3.48. The quantitative estimate of drug-likeness (QED) is 0.916. The normalized spacial score (nSPS) is 12.0. The van der Waals surface area contributed by atoms with Crippen molar-refractivity contribution < 1.29 is 9.84 Å². The van der Waals surface area contributed by atoms with Crippen LogP contribution in [0.15, 0.2) is 16.6 Å². The predicted octanol–water partition coefficient (Wildman–Crippen LogP) is 3.81. The molecule has 0 fully saturated rings. The molecule has 0 amide bonds. The second kappa shape index (κ2) is 4.76. The molecule has 90 valence electrons. The van der Waals surface area contributed by atoms with Crippen LogP contribution in [0.4, 0.5) is 0 Å². The van der Waals surface area contributed by atoms with Crippen molar-refractivity contribution in [2.24, 2.45) is 0 Å². The van der Waals surface area contributed by atoms with E-state index in [4.69, 9.17) is 4.74 Å². The maximum Gasteiger partial charge on any atom is 0.136 e. The van der Waals surface area contributed by atoms with E-state index in [-0.39, 0.29) is 0 Å². The standard InChI is InChI=1S/C13H19BrO2/c1-8(2)10-6-9(13(3,4)15)7-11(14)12(10)16-5/h6-8,15H,1-5H3. The molecule has 2 nitrogen and oxygen atoms in total. The first-order chi connectivity index (χ1) is 7.27. The van der Waals surface area contributed by atoms with Gasteiger partial charge in [0.05, 0.1) is 17.2 Å². The molecule has 0 aromatic heterocycles. The van der Waals surface area contributed by atoms with Gasteiger partial charge in [0, 0.05) is 0 Å². The molecule has 0 aliphatic heterocycles. The lowest BCUT2D eigenvalue weighted by Gasteiger charge is -2.22. The Morgan fingerprint density at radius 2 is 1.88 bits per heavy atom. The highest BCUT2D eigenvalue weighted by Crippen LogP contribution is 2.37. The summed E-state index contributed by atoms with van der Waals surface area (Å²) in [6.07, 6.45) is 0. The molecular weight excluding hydrogens is 268 g/mol. The Morgan fingerprint density at radius 3 is 2.25 bits per heavy atom. The van der Waals surface area contributed by atoms with Crippen LogP contribution in [-0.2, 0) is 5.60 Å². The van der Waals surface area contributed by atoms with E-state index in [1.54, 1.807) is 21.0 Å². The molecule has 0 unspecified atom stereocenters. The van der Waals surface area contributed by atoms with Gasteiger partial charge in [-0.3, -0.25) is 0 Å². The Hall–Kier alpha value is -0.540. The topological polar surface area (TPSA) is 29.5 Å². The van der Waals surface area contributed by atoms with Crippen LogP contribution in [0.25, 0.3) is 0 Å². The van der Waals surface area contributed by atoms with Gasteiger partial charge in [0.1, 0.15) is 5.75 Å². The molecule has 3 heteroatoms. The third-order valence-corrected chi connectivity index (χ3v) is 3.19. The largest absolute Gasteiger partial charge is 0.495 e. The summed E-state index contributed by atoms with van der Waals surface area (Å²) < 4.78 is 6.26. The second-order valence-electron chi connectivity index (χ2n) is 4.79. The third-order valence-electron chi connectivity index (χ3n) is 2.60. The Kier molecular flexibility index (Phi) is 4.02. The van der Waals surface area contributed by atoms with E-state index in [2.05, 4.69) is 29.8 Å². The van der Waals surface area contributed by atoms with Gasteiger partial charge >= 0.3 is 0 Å². The molecule has 1 N–H and O–H groups in total. The zero-order valence-corrected chi connectivity index (χ0v) is 12.1. The fourth-order valence-corrected chi connectivity index (χ4v) is 2.25. The van der Waals surface area contributed by atoms with Crippen LogP contribution in [0.1, 0.15) is 44.7 Å². The van der Waals surface area contributed by atoms with Crippen molar-refractivity contribution in [2.45, 2.75) is 39.2 Å². The average molecular weight is 287 g/mol. The molecule has 0 saturated carbocycles. The highest BCUT2D eigenvalue weighted by atomic mass is 79.9. The zero-order valence-electron chi connectivity index (χ0n) is 10.5. The third kappa shape index (κ3) is 2.77. The maximum atomic E-state index is 10.0. The van der Waals surface area contributed by atoms with Gasteiger partial charge in [0.2, 0.25) is 0 Å². The van der Waals surface area contributed by atoms with Crippen molar-refractivity contribution in [1.29, 1.82) is 0 Å². The summed E-state index contributed by atoms with van der Waals surface area (Å²) in [5.74, 6) is 1.21. The molecule has 0 atom stereocenters. The molecule has 0 spiro atoms. The van der Waals surface area contributed by atoms with Crippen LogP contribution in [0, 0.1) is 0 Å². The molecule has 1 aromatic carbocycles. The Labute approximate surface area is 106 Å². The van der Waals surface area contributed by atoms with Crippen LogP contribution in [0.5, 0.6) is 5.75 Å². The highest BCUT2D eigenvalue weighted by Gasteiger charge is 2.21. The Balaban J connectivity index is 3.40. The van der Waals surface area contributed by atoms with Gasteiger partial charge in [-0.1, -0.05) is 13.8 Å². The number of rotatable bonds is 3. The Morgan fingerprint density at radius 1 is 1.31 bits per heavy atom. The van der Waals surface area contributed by atoms with Crippen LogP contribution in [0.3, 0.4) is 0 Å². The van der Waals surface area contributed by atoms with Crippen LogP contribution in [-0.4, -0.2) is 12.2 Å². The van der Waals surface area contributed by atoms with Gasteiger partial charge < -0.3 is 9.84 Å². The van der Waals surface area contributed by atoms with E-state index in [0.717, 1.165) is 21.3 Å². The summed E-state index contributed by atoms with van der Waals surface area (Å²) in [5.41, 5.74) is 1.16. The number of ether oxygens (including phenoxy) is 1. The number of hydrogen-bond donors (Lipinski definition) is 1. The Bertz CT molecular complexity index is 378. The van der Waals surface area contributed by atoms with E-state index in [0.29, 0.717) is 5.92 Å². The van der Waals surface area contributed by atoms with Gasteiger partial charge in [-0.05, 0) is 59.0 Å². The molecule has 0 saturated heterocycles. The van der Waals surface area contributed by atoms with Gasteiger partial charge in [-0.25, -0.2) is 0 Å². The zero-order chi connectivity index (χ0) is 12.5. The number of halogens is 1. The van der Waals surface area contributed by atoms with Crippen LogP contribution in [0.2, 0.25) is 0 Å². The first-order valence-electron chi connectivity index (χ1n) is 5.37. The number of aliphatic hydroxyl groups is 1. The first-order valence-corrected chi connectivity index (χ1v) is 6.17. The molecule has 0 bridgehead atoms. The van der Waals surface area contributed by atoms with E-state index >= 15 is 0 Å². The maximum absolute atomic E-state index is 10.0. The summed E-state index contributed by atoms with van der Waals surface area (Å²) in [5, 5.41) is 10.0. The molecule has 0 heterocycles. The van der Waals surface area contributed by atoms with E-state index in [1.807, 2.05) is 12.1 Å². The fraction of sp³-hybridized carbons (Fsp3) is 0.538. The fourth-order valence-electron chi connectivity index (χ4n) is 1.61. The smallest absolute Gasteiger partial charge is 0.136 e. The second-order valence-corrected chi connectivity index (χ2v) is 5.65. The van der Waals surface area contributed by atoms with Gasteiger partial charge in [0.25, 0.3) is 0 Å². The molecule has 1 aromatic rings. The van der Waals surface area contributed by atoms with Crippen molar-refractivity contribution >= 4 is 15.9 Å². The van der Waals surface area contributed by atoms with Crippen molar-refractivity contribution in [1.82, 2.24) is 0 Å². The van der Waals surface area contributed by atoms with Gasteiger partial charge in [0.15, 0.2) is 0 Å². The molecule has 0 aliphatic carbocycles. The highest BCUT2D eigenvalue weighted by molar-refractivity contribution is 9.10. The summed E-state index contributed by atoms with van der Waals surface area (Å²) in [6.45, 7) is 7.79. The van der Waals surface area contributed by atoms with Crippen molar-refractivity contribution in [2.75, 3.05) is 7.11 Å². The molecule has 1 rings (SSSR count). The summed E-state index contributed by atoms with van der Waals surface area (Å²) in [7, 11) is 1.66.